The number of benzene rings is 3. The van der Waals surface area contributed by atoms with E-state index in [1.54, 1.807) is 13.0 Å². The third-order valence-corrected chi connectivity index (χ3v) is 6.79. The van der Waals surface area contributed by atoms with E-state index in [4.69, 9.17) is 16.3 Å². The normalized spacial score (nSPS) is 11.6. The number of rotatable bonds is 8. The van der Waals surface area contributed by atoms with Gasteiger partial charge in [-0.05, 0) is 36.6 Å². The highest BCUT2D eigenvalue weighted by molar-refractivity contribution is 7.89. The lowest BCUT2D eigenvalue weighted by atomic mass is 10.1. The van der Waals surface area contributed by atoms with E-state index in [1.165, 1.54) is 18.2 Å². The number of hydrogen-bond donors (Lipinski definition) is 1. The Morgan fingerprint density at radius 1 is 1.07 bits per heavy atom. The van der Waals surface area contributed by atoms with Gasteiger partial charge in [-0.1, -0.05) is 54.9 Å². The number of sulfonamides is 1. The summed E-state index contributed by atoms with van der Waals surface area (Å²) in [6.07, 6.45) is 0. The van der Waals surface area contributed by atoms with E-state index in [-0.39, 0.29) is 23.0 Å². The van der Waals surface area contributed by atoms with Gasteiger partial charge in [0.2, 0.25) is 15.9 Å². The topological polar surface area (TPSA) is 75.7 Å². The lowest BCUT2D eigenvalue weighted by Gasteiger charge is -2.21. The number of ether oxygens (including phenoxy) is 1. The average Bonchev–Trinajstić information content (AvgIpc) is 2.73. The van der Waals surface area contributed by atoms with Crippen LogP contribution in [0.3, 0.4) is 0 Å². The summed E-state index contributed by atoms with van der Waals surface area (Å²) >= 11 is 6.14. The van der Waals surface area contributed by atoms with Gasteiger partial charge in [-0.15, -0.1) is 0 Å². The van der Waals surface area contributed by atoms with Crippen molar-refractivity contribution in [1.29, 1.82) is 0 Å². The van der Waals surface area contributed by atoms with Crippen molar-refractivity contribution in [3.05, 3.63) is 65.7 Å². The first kappa shape index (κ1) is 22.1. The van der Waals surface area contributed by atoms with E-state index in [2.05, 4.69) is 5.32 Å². The van der Waals surface area contributed by atoms with Crippen LogP contribution in [0.2, 0.25) is 5.02 Å². The second-order valence-corrected chi connectivity index (χ2v) is 8.88. The van der Waals surface area contributed by atoms with Crippen LogP contribution in [-0.4, -0.2) is 38.3 Å². The first-order valence-corrected chi connectivity index (χ1v) is 11.4. The second-order valence-electron chi connectivity index (χ2n) is 6.53. The summed E-state index contributed by atoms with van der Waals surface area (Å²) in [6.45, 7) is 3.73. The van der Waals surface area contributed by atoms with Crippen molar-refractivity contribution in [2.24, 2.45) is 0 Å². The molecule has 3 aromatic carbocycles. The van der Waals surface area contributed by atoms with E-state index >= 15 is 0 Å². The zero-order chi connectivity index (χ0) is 21.7. The highest BCUT2D eigenvalue weighted by Gasteiger charge is 2.26. The van der Waals surface area contributed by atoms with Gasteiger partial charge < -0.3 is 10.1 Å². The lowest BCUT2D eigenvalue weighted by molar-refractivity contribution is -0.116. The molecule has 0 aliphatic rings. The number of amides is 1. The van der Waals surface area contributed by atoms with Crippen LogP contribution in [0.15, 0.2) is 65.6 Å². The smallest absolute Gasteiger partial charge is 0.243 e. The van der Waals surface area contributed by atoms with Crippen LogP contribution in [-0.2, 0) is 14.8 Å². The largest absolute Gasteiger partial charge is 0.492 e. The summed E-state index contributed by atoms with van der Waals surface area (Å²) in [6, 6.07) is 17.5. The highest BCUT2D eigenvalue weighted by Crippen LogP contribution is 2.29. The van der Waals surface area contributed by atoms with Crippen molar-refractivity contribution >= 4 is 44.0 Å². The standard InChI is InChI=1S/C22H23ClN2O4S/c1-3-25(30(27,28)17-12-13-21(29-4-2)19(23)14-17)15-22(26)24-20-11-7-9-16-8-5-6-10-18(16)20/h5-14H,3-4,15H2,1-2H3,(H,24,26). The molecule has 8 heteroatoms. The molecule has 3 rings (SSSR count). The number of anilines is 1. The molecule has 0 spiro atoms. The van der Waals surface area contributed by atoms with Gasteiger partial charge in [-0.25, -0.2) is 8.42 Å². The van der Waals surface area contributed by atoms with E-state index in [0.29, 0.717) is 18.0 Å². The molecule has 6 nitrogen and oxygen atoms in total. The Hall–Kier alpha value is -2.61. The minimum absolute atomic E-state index is 0.00997. The summed E-state index contributed by atoms with van der Waals surface area (Å²) < 4.78 is 32.5. The Bertz CT molecular complexity index is 1160. The molecule has 1 N–H and O–H groups in total. The van der Waals surface area contributed by atoms with Crippen LogP contribution in [0, 0.1) is 0 Å². The number of likely N-dealkylation sites (N-methyl/N-ethyl adjacent to an activating group) is 1. The summed E-state index contributed by atoms with van der Waals surface area (Å²) in [5.74, 6) is -0.0105. The van der Waals surface area contributed by atoms with Crippen molar-refractivity contribution in [3.8, 4) is 5.75 Å². The molecule has 0 radical (unpaired) electrons. The first-order chi connectivity index (χ1) is 14.4. The van der Waals surface area contributed by atoms with E-state index in [9.17, 15) is 13.2 Å². The number of nitrogens with zero attached hydrogens (tertiary/aromatic N) is 1. The maximum atomic E-state index is 13.0. The number of nitrogens with one attached hydrogen (secondary N) is 1. The zero-order valence-electron chi connectivity index (χ0n) is 16.8. The molecular weight excluding hydrogens is 424 g/mol. The Morgan fingerprint density at radius 2 is 1.80 bits per heavy atom. The maximum absolute atomic E-state index is 13.0. The highest BCUT2D eigenvalue weighted by atomic mass is 35.5. The number of halogens is 1. The van der Waals surface area contributed by atoms with Gasteiger partial charge >= 0.3 is 0 Å². The minimum atomic E-state index is -3.90. The van der Waals surface area contributed by atoms with Gasteiger partial charge in [0, 0.05) is 17.6 Å². The molecule has 0 unspecified atom stereocenters. The fourth-order valence-corrected chi connectivity index (χ4v) is 4.85. The molecule has 1 amide bonds. The van der Waals surface area contributed by atoms with Crippen LogP contribution in [0.5, 0.6) is 5.75 Å². The van der Waals surface area contributed by atoms with Crippen LogP contribution >= 0.6 is 11.6 Å². The van der Waals surface area contributed by atoms with Crippen molar-refractivity contribution < 1.29 is 17.9 Å². The third-order valence-electron chi connectivity index (χ3n) is 4.58. The van der Waals surface area contributed by atoms with Crippen LogP contribution < -0.4 is 10.1 Å². The molecular formula is C22H23ClN2O4S. The molecule has 0 aliphatic heterocycles. The molecule has 0 atom stereocenters. The Balaban J connectivity index is 1.80. The molecule has 30 heavy (non-hydrogen) atoms. The Kier molecular flexibility index (Phi) is 6.97. The Morgan fingerprint density at radius 3 is 2.50 bits per heavy atom. The molecule has 0 aromatic heterocycles. The van der Waals surface area contributed by atoms with E-state index in [1.807, 2.05) is 43.3 Å². The minimum Gasteiger partial charge on any atom is -0.492 e. The van der Waals surface area contributed by atoms with Crippen LogP contribution in [0.4, 0.5) is 5.69 Å². The second kappa shape index (κ2) is 9.47. The molecule has 0 saturated carbocycles. The summed E-state index contributed by atoms with van der Waals surface area (Å²) in [5.41, 5.74) is 0.635. The quantitative estimate of drug-likeness (QED) is 0.551. The predicted octanol–water partition coefficient (Wildman–Crippen LogP) is 4.54. The monoisotopic (exact) mass is 446 g/mol. The first-order valence-electron chi connectivity index (χ1n) is 9.57. The molecule has 0 bridgehead atoms. The molecule has 0 fully saturated rings. The predicted molar refractivity (Wildman–Crippen MR) is 120 cm³/mol. The molecule has 0 heterocycles. The van der Waals surface area contributed by atoms with Crippen molar-refractivity contribution in [3.63, 3.8) is 0 Å². The number of fused-ring (bicyclic) bond motifs is 1. The van der Waals surface area contributed by atoms with Gasteiger partial charge in [0.25, 0.3) is 0 Å². The lowest BCUT2D eigenvalue weighted by Crippen LogP contribution is -2.37. The molecule has 158 valence electrons. The molecule has 0 saturated heterocycles. The number of carbonyl (C=O) groups is 1. The Labute approximate surface area is 181 Å². The van der Waals surface area contributed by atoms with Crippen LogP contribution in [0.25, 0.3) is 10.8 Å². The SMILES string of the molecule is CCOc1ccc(S(=O)(=O)N(CC)CC(=O)Nc2cccc3ccccc23)cc1Cl. The van der Waals surface area contributed by atoms with E-state index in [0.717, 1.165) is 15.1 Å². The van der Waals surface area contributed by atoms with Crippen LogP contribution in [0.1, 0.15) is 13.8 Å². The third kappa shape index (κ3) is 4.75. The fraction of sp³-hybridized carbons (Fsp3) is 0.227. The molecule has 3 aromatic rings. The fourth-order valence-electron chi connectivity index (χ4n) is 3.11. The molecule has 0 aliphatic carbocycles. The van der Waals surface area contributed by atoms with Gasteiger partial charge in [-0.3, -0.25) is 4.79 Å². The van der Waals surface area contributed by atoms with Crippen molar-refractivity contribution in [1.82, 2.24) is 4.31 Å². The van der Waals surface area contributed by atoms with Crippen molar-refractivity contribution in [2.45, 2.75) is 18.7 Å². The van der Waals surface area contributed by atoms with E-state index < -0.39 is 15.9 Å². The summed E-state index contributed by atoms with van der Waals surface area (Å²) in [4.78, 5) is 12.7. The average molecular weight is 447 g/mol. The van der Waals surface area contributed by atoms with Gasteiger partial charge in [0.1, 0.15) is 5.75 Å². The maximum Gasteiger partial charge on any atom is 0.243 e. The van der Waals surface area contributed by atoms with Gasteiger partial charge in [-0.2, -0.15) is 4.31 Å². The van der Waals surface area contributed by atoms with Crippen molar-refractivity contribution in [2.75, 3.05) is 25.0 Å². The summed E-state index contributed by atoms with van der Waals surface area (Å²) in [5, 5.41) is 4.89. The van der Waals surface area contributed by atoms with Gasteiger partial charge in [0.15, 0.2) is 0 Å². The number of hydrogen-bond acceptors (Lipinski definition) is 4. The zero-order valence-corrected chi connectivity index (χ0v) is 18.3. The summed E-state index contributed by atoms with van der Waals surface area (Å²) in [7, 11) is -3.90. The number of carbonyl (C=O) groups excluding carboxylic acids is 1. The van der Waals surface area contributed by atoms with Gasteiger partial charge in [0.05, 0.1) is 23.1 Å².